The van der Waals surface area contributed by atoms with E-state index in [9.17, 15) is 0 Å². The molecule has 2 nitrogen and oxygen atoms in total. The van der Waals surface area contributed by atoms with E-state index in [1.54, 1.807) is 0 Å². The monoisotopic (exact) mass is 288 g/mol. The third-order valence-corrected chi connectivity index (χ3v) is 4.53. The van der Waals surface area contributed by atoms with Gasteiger partial charge in [-0.25, -0.2) is 0 Å². The van der Waals surface area contributed by atoms with Gasteiger partial charge in [0.2, 0.25) is 0 Å². The predicted molar refractivity (Wildman–Crippen MR) is 92.3 cm³/mol. The molecule has 1 aliphatic heterocycles. The number of benzene rings is 2. The van der Waals surface area contributed by atoms with Crippen LogP contribution in [0.3, 0.4) is 0 Å². The molecule has 1 aromatic heterocycles. The average Bonchev–Trinajstić information content (AvgIpc) is 2.55. The van der Waals surface area contributed by atoms with Crippen LogP contribution in [0, 0.1) is 6.92 Å². The number of para-hydroxylation sites is 1. The fraction of sp³-hybridized carbons (Fsp3) is 0.250. The minimum atomic E-state index is 0.935. The number of aryl methyl sites for hydroxylation is 2. The van der Waals surface area contributed by atoms with Crippen LogP contribution in [0.1, 0.15) is 23.1 Å². The van der Waals surface area contributed by atoms with Gasteiger partial charge in [0.25, 0.3) is 0 Å². The number of rotatable bonds is 2. The summed E-state index contributed by atoms with van der Waals surface area (Å²) in [6, 6.07) is 17.5. The zero-order valence-electron chi connectivity index (χ0n) is 12.9. The molecular weight excluding hydrogens is 268 g/mol. The Hall–Kier alpha value is -2.35. The number of hydrogen-bond acceptors (Lipinski definition) is 2. The molecule has 4 rings (SSSR count). The first-order chi connectivity index (χ1) is 10.8. The lowest BCUT2D eigenvalue weighted by Gasteiger charge is -2.32. The maximum atomic E-state index is 4.59. The molecule has 2 heteroatoms. The van der Waals surface area contributed by atoms with Crippen molar-refractivity contribution in [1.82, 2.24) is 4.98 Å². The summed E-state index contributed by atoms with van der Waals surface area (Å²) >= 11 is 0. The standard InChI is InChI=1S/C20H20N2/c1-15-9-10-19-17(13-15)8-4-12-22(19)14-18-6-2-5-16-7-3-11-21-20(16)18/h2-3,5-7,9-11,13H,4,8,12,14H2,1H3. The fourth-order valence-electron chi connectivity index (χ4n) is 3.47. The number of anilines is 1. The molecule has 0 aliphatic carbocycles. The second-order valence-corrected chi connectivity index (χ2v) is 6.15. The molecule has 22 heavy (non-hydrogen) atoms. The van der Waals surface area contributed by atoms with Gasteiger partial charge < -0.3 is 4.90 Å². The SMILES string of the molecule is Cc1ccc2c(c1)CCCN2Cc1cccc2cccnc12. The van der Waals surface area contributed by atoms with E-state index in [2.05, 4.69) is 59.3 Å². The Morgan fingerprint density at radius 3 is 2.95 bits per heavy atom. The summed E-state index contributed by atoms with van der Waals surface area (Å²) < 4.78 is 0. The Kier molecular flexibility index (Phi) is 3.30. The molecule has 0 N–H and O–H groups in total. The summed E-state index contributed by atoms with van der Waals surface area (Å²) in [7, 11) is 0. The molecule has 0 amide bonds. The first-order valence-corrected chi connectivity index (χ1v) is 7.98. The van der Waals surface area contributed by atoms with E-state index in [1.807, 2.05) is 12.3 Å². The third kappa shape index (κ3) is 2.35. The molecule has 0 radical (unpaired) electrons. The van der Waals surface area contributed by atoms with Crippen LogP contribution in [0.5, 0.6) is 0 Å². The first-order valence-electron chi connectivity index (χ1n) is 7.98. The maximum Gasteiger partial charge on any atom is 0.0751 e. The molecule has 110 valence electrons. The van der Waals surface area contributed by atoms with Gasteiger partial charge in [-0.05, 0) is 43.0 Å². The van der Waals surface area contributed by atoms with Crippen molar-refractivity contribution in [1.29, 1.82) is 0 Å². The summed E-state index contributed by atoms with van der Waals surface area (Å²) in [5, 5.41) is 1.22. The summed E-state index contributed by atoms with van der Waals surface area (Å²) in [5.74, 6) is 0. The molecular formula is C20H20N2. The van der Waals surface area contributed by atoms with Gasteiger partial charge in [0.15, 0.2) is 0 Å². The van der Waals surface area contributed by atoms with Gasteiger partial charge >= 0.3 is 0 Å². The van der Waals surface area contributed by atoms with Crippen LogP contribution < -0.4 is 4.90 Å². The first kappa shape index (κ1) is 13.3. The van der Waals surface area contributed by atoms with E-state index >= 15 is 0 Å². The zero-order valence-corrected chi connectivity index (χ0v) is 12.9. The molecule has 0 fully saturated rings. The van der Waals surface area contributed by atoms with Gasteiger partial charge in [-0.1, -0.05) is 42.0 Å². The Bertz CT molecular complexity index is 818. The highest BCUT2D eigenvalue weighted by Crippen LogP contribution is 2.30. The quantitative estimate of drug-likeness (QED) is 0.690. The molecule has 1 aliphatic rings. The largest absolute Gasteiger partial charge is 0.367 e. The topological polar surface area (TPSA) is 16.1 Å². The lowest BCUT2D eigenvalue weighted by Crippen LogP contribution is -2.29. The van der Waals surface area contributed by atoms with Gasteiger partial charge in [0.1, 0.15) is 0 Å². The molecule has 0 atom stereocenters. The lowest BCUT2D eigenvalue weighted by molar-refractivity contribution is 0.692. The van der Waals surface area contributed by atoms with Crippen molar-refractivity contribution in [2.75, 3.05) is 11.4 Å². The Morgan fingerprint density at radius 1 is 1.09 bits per heavy atom. The zero-order chi connectivity index (χ0) is 14.9. The van der Waals surface area contributed by atoms with Crippen LogP contribution in [0.2, 0.25) is 0 Å². The molecule has 3 aromatic rings. The van der Waals surface area contributed by atoms with E-state index in [0.717, 1.165) is 18.6 Å². The molecule has 0 unspecified atom stereocenters. The van der Waals surface area contributed by atoms with Gasteiger partial charge in [-0.3, -0.25) is 4.98 Å². The van der Waals surface area contributed by atoms with Crippen molar-refractivity contribution < 1.29 is 0 Å². The van der Waals surface area contributed by atoms with Crippen LogP contribution >= 0.6 is 0 Å². The molecule has 0 saturated heterocycles. The van der Waals surface area contributed by atoms with Gasteiger partial charge in [0, 0.05) is 30.4 Å². The molecule has 2 aromatic carbocycles. The van der Waals surface area contributed by atoms with Crippen LogP contribution in [0.25, 0.3) is 10.9 Å². The third-order valence-electron chi connectivity index (χ3n) is 4.53. The fourth-order valence-corrected chi connectivity index (χ4v) is 3.47. The van der Waals surface area contributed by atoms with Crippen molar-refractivity contribution in [3.63, 3.8) is 0 Å². The highest BCUT2D eigenvalue weighted by molar-refractivity contribution is 5.81. The van der Waals surface area contributed by atoms with Crippen LogP contribution in [-0.2, 0) is 13.0 Å². The molecule has 2 heterocycles. The summed E-state index contributed by atoms with van der Waals surface area (Å²) in [5.41, 5.74) is 6.67. The van der Waals surface area contributed by atoms with Crippen LogP contribution in [-0.4, -0.2) is 11.5 Å². The van der Waals surface area contributed by atoms with E-state index in [4.69, 9.17) is 0 Å². The van der Waals surface area contributed by atoms with E-state index in [1.165, 1.54) is 40.6 Å². The van der Waals surface area contributed by atoms with Gasteiger partial charge in [-0.2, -0.15) is 0 Å². The Balaban J connectivity index is 1.72. The number of hydrogen-bond donors (Lipinski definition) is 0. The van der Waals surface area contributed by atoms with Crippen molar-refractivity contribution >= 4 is 16.6 Å². The van der Waals surface area contributed by atoms with Gasteiger partial charge in [0.05, 0.1) is 5.52 Å². The minimum Gasteiger partial charge on any atom is -0.367 e. The van der Waals surface area contributed by atoms with Crippen LogP contribution in [0.4, 0.5) is 5.69 Å². The number of pyridine rings is 1. The lowest BCUT2D eigenvalue weighted by atomic mass is 9.98. The van der Waals surface area contributed by atoms with Crippen molar-refractivity contribution in [3.8, 4) is 0 Å². The predicted octanol–water partition coefficient (Wildman–Crippen LogP) is 4.50. The highest BCUT2D eigenvalue weighted by atomic mass is 15.1. The van der Waals surface area contributed by atoms with Gasteiger partial charge in [-0.15, -0.1) is 0 Å². The summed E-state index contributed by atoms with van der Waals surface area (Å²) in [6.45, 7) is 4.23. The number of nitrogens with zero attached hydrogens (tertiary/aromatic N) is 2. The molecule has 0 saturated carbocycles. The molecule has 0 spiro atoms. The summed E-state index contributed by atoms with van der Waals surface area (Å²) in [4.78, 5) is 7.09. The Labute approximate surface area is 131 Å². The van der Waals surface area contributed by atoms with Crippen molar-refractivity contribution in [2.45, 2.75) is 26.3 Å². The van der Waals surface area contributed by atoms with E-state index < -0.39 is 0 Å². The Morgan fingerprint density at radius 2 is 2.00 bits per heavy atom. The molecule has 0 bridgehead atoms. The maximum absolute atomic E-state index is 4.59. The number of fused-ring (bicyclic) bond motifs is 2. The second kappa shape index (κ2) is 5.45. The highest BCUT2D eigenvalue weighted by Gasteiger charge is 2.17. The normalized spacial score (nSPS) is 14.1. The summed E-state index contributed by atoms with van der Waals surface area (Å²) in [6.07, 6.45) is 4.31. The number of aromatic nitrogens is 1. The van der Waals surface area contributed by atoms with Crippen molar-refractivity contribution in [2.24, 2.45) is 0 Å². The van der Waals surface area contributed by atoms with E-state index in [-0.39, 0.29) is 0 Å². The second-order valence-electron chi connectivity index (χ2n) is 6.15. The van der Waals surface area contributed by atoms with Crippen molar-refractivity contribution in [3.05, 3.63) is 71.4 Å². The van der Waals surface area contributed by atoms with Crippen LogP contribution in [0.15, 0.2) is 54.7 Å². The average molecular weight is 288 g/mol. The smallest absolute Gasteiger partial charge is 0.0751 e. The minimum absolute atomic E-state index is 0.935. The van der Waals surface area contributed by atoms with E-state index in [0.29, 0.717) is 0 Å².